The number of fused-ring (bicyclic) bond motifs is 1. The van der Waals surface area contributed by atoms with Crippen molar-refractivity contribution in [1.29, 1.82) is 0 Å². The molecule has 0 radical (unpaired) electrons. The van der Waals surface area contributed by atoms with Crippen LogP contribution in [0.1, 0.15) is 5.56 Å². The van der Waals surface area contributed by atoms with Gasteiger partial charge in [-0.15, -0.1) is 0 Å². The minimum Gasteiger partial charge on any atom is -0.383 e. The average molecular weight is 231 g/mol. The summed E-state index contributed by atoms with van der Waals surface area (Å²) in [6.07, 6.45) is -3.30. The summed E-state index contributed by atoms with van der Waals surface area (Å²) >= 11 is 0. The molecule has 2 aromatic heterocycles. The summed E-state index contributed by atoms with van der Waals surface area (Å²) in [7, 11) is 0. The number of hydrogen-bond acceptors (Lipinski definition) is 3. The molecule has 0 aliphatic rings. The summed E-state index contributed by atoms with van der Waals surface area (Å²) in [5.74, 6) is 0. The van der Waals surface area contributed by atoms with Gasteiger partial charge in [0.05, 0.1) is 6.20 Å². The second kappa shape index (κ2) is 3.75. The lowest BCUT2D eigenvalue weighted by molar-refractivity contribution is -0.203. The molecule has 0 bridgehead atoms. The molecule has 0 saturated carbocycles. The smallest absolute Gasteiger partial charge is 0.383 e. The molecular formula is C9H8F3N3O. The molecule has 0 saturated heterocycles. The van der Waals surface area contributed by atoms with Gasteiger partial charge in [-0.05, 0) is 5.56 Å². The number of nitrogens with zero attached hydrogens (tertiary/aromatic N) is 3. The van der Waals surface area contributed by atoms with E-state index < -0.39 is 18.7 Å². The van der Waals surface area contributed by atoms with Gasteiger partial charge in [-0.3, -0.25) is 0 Å². The van der Waals surface area contributed by atoms with E-state index >= 15 is 0 Å². The van der Waals surface area contributed by atoms with Gasteiger partial charge in [0.1, 0.15) is 0 Å². The van der Waals surface area contributed by atoms with Crippen molar-refractivity contribution in [1.82, 2.24) is 14.6 Å². The van der Waals surface area contributed by atoms with E-state index in [0.29, 0.717) is 5.65 Å². The normalized spacial score (nSPS) is 14.2. The maximum atomic E-state index is 12.1. The van der Waals surface area contributed by atoms with Gasteiger partial charge in [-0.25, -0.2) is 9.50 Å². The van der Waals surface area contributed by atoms with E-state index in [2.05, 4.69) is 10.1 Å². The van der Waals surface area contributed by atoms with Crippen molar-refractivity contribution in [3.63, 3.8) is 0 Å². The number of halogens is 3. The predicted octanol–water partition coefficient (Wildman–Crippen LogP) is 1.20. The van der Waals surface area contributed by atoms with E-state index in [9.17, 15) is 13.2 Å². The molecule has 4 nitrogen and oxygen atoms in total. The average Bonchev–Trinajstić information content (AvgIpc) is 2.63. The second-order valence-electron chi connectivity index (χ2n) is 3.36. The molecule has 1 atom stereocenters. The van der Waals surface area contributed by atoms with Crippen LogP contribution < -0.4 is 0 Å². The number of aliphatic hydroxyl groups is 1. The van der Waals surface area contributed by atoms with E-state index in [1.807, 2.05) is 0 Å². The molecule has 2 rings (SSSR count). The first-order valence-corrected chi connectivity index (χ1v) is 4.50. The number of aromatic nitrogens is 3. The summed E-state index contributed by atoms with van der Waals surface area (Å²) < 4.78 is 37.6. The zero-order valence-corrected chi connectivity index (χ0v) is 8.02. The van der Waals surface area contributed by atoms with Crippen LogP contribution in [-0.2, 0) is 6.42 Å². The van der Waals surface area contributed by atoms with Crippen LogP contribution in [0.15, 0.2) is 24.7 Å². The van der Waals surface area contributed by atoms with Crippen molar-refractivity contribution in [3.05, 3.63) is 30.2 Å². The molecule has 0 spiro atoms. The minimum atomic E-state index is -4.61. The zero-order chi connectivity index (χ0) is 11.8. The van der Waals surface area contributed by atoms with Gasteiger partial charge in [-0.2, -0.15) is 18.3 Å². The van der Waals surface area contributed by atoms with Gasteiger partial charge in [0.15, 0.2) is 11.8 Å². The Kier molecular flexibility index (Phi) is 2.55. The van der Waals surface area contributed by atoms with Crippen molar-refractivity contribution >= 4 is 5.65 Å². The van der Waals surface area contributed by atoms with Crippen molar-refractivity contribution in [2.24, 2.45) is 0 Å². The lowest BCUT2D eigenvalue weighted by atomic mass is 10.1. The third-order valence-electron chi connectivity index (χ3n) is 2.11. The monoisotopic (exact) mass is 231 g/mol. The molecule has 86 valence electrons. The number of hydrogen-bond donors (Lipinski definition) is 1. The molecule has 2 heterocycles. The van der Waals surface area contributed by atoms with Crippen LogP contribution in [-0.4, -0.2) is 32.0 Å². The largest absolute Gasteiger partial charge is 0.414 e. The van der Waals surface area contributed by atoms with Gasteiger partial charge in [-0.1, -0.05) is 0 Å². The quantitative estimate of drug-likeness (QED) is 0.844. The van der Waals surface area contributed by atoms with Crippen LogP contribution in [0.3, 0.4) is 0 Å². The molecule has 16 heavy (non-hydrogen) atoms. The third-order valence-corrected chi connectivity index (χ3v) is 2.11. The highest BCUT2D eigenvalue weighted by Crippen LogP contribution is 2.22. The molecule has 0 fully saturated rings. The summed E-state index contributed by atoms with van der Waals surface area (Å²) in [6.45, 7) is 0. The molecule has 1 N–H and O–H groups in total. The molecule has 7 heteroatoms. The summed E-state index contributed by atoms with van der Waals surface area (Å²) in [6, 6.07) is 1.63. The van der Waals surface area contributed by atoms with E-state index in [4.69, 9.17) is 5.11 Å². The molecule has 0 aromatic carbocycles. The van der Waals surface area contributed by atoms with Gasteiger partial charge in [0.25, 0.3) is 0 Å². The molecule has 0 aliphatic carbocycles. The van der Waals surface area contributed by atoms with Crippen LogP contribution in [0.5, 0.6) is 0 Å². The molecular weight excluding hydrogens is 223 g/mol. The first kappa shape index (κ1) is 10.9. The Morgan fingerprint density at radius 1 is 1.44 bits per heavy atom. The molecule has 1 unspecified atom stereocenters. The number of rotatable bonds is 2. The molecule has 0 aliphatic heterocycles. The lowest BCUT2D eigenvalue weighted by Crippen LogP contribution is -2.30. The van der Waals surface area contributed by atoms with Gasteiger partial charge in [0, 0.05) is 24.9 Å². The Balaban J connectivity index is 2.21. The molecule has 2 aromatic rings. The predicted molar refractivity (Wildman–Crippen MR) is 48.8 cm³/mol. The number of alkyl halides is 3. The summed E-state index contributed by atoms with van der Waals surface area (Å²) in [5, 5.41) is 12.7. The lowest BCUT2D eigenvalue weighted by Gasteiger charge is -2.13. The van der Waals surface area contributed by atoms with Crippen LogP contribution in [0.4, 0.5) is 13.2 Å². The van der Waals surface area contributed by atoms with Gasteiger partial charge in [0.2, 0.25) is 0 Å². The van der Waals surface area contributed by atoms with Crippen LogP contribution >= 0.6 is 0 Å². The maximum Gasteiger partial charge on any atom is 0.414 e. The Hall–Kier alpha value is -1.63. The highest BCUT2D eigenvalue weighted by molar-refractivity contribution is 5.35. The summed E-state index contributed by atoms with van der Waals surface area (Å²) in [5.41, 5.74) is 0.825. The fraction of sp³-hybridized carbons (Fsp3) is 0.333. The third kappa shape index (κ3) is 2.13. The first-order chi connectivity index (χ1) is 7.47. The Morgan fingerprint density at radius 2 is 2.19 bits per heavy atom. The van der Waals surface area contributed by atoms with Gasteiger partial charge >= 0.3 is 6.18 Å². The Morgan fingerprint density at radius 3 is 2.88 bits per heavy atom. The fourth-order valence-corrected chi connectivity index (χ4v) is 1.29. The van der Waals surface area contributed by atoms with E-state index in [1.54, 1.807) is 6.07 Å². The maximum absolute atomic E-state index is 12.1. The minimum absolute atomic E-state index is 0.279. The molecule has 0 amide bonds. The zero-order valence-electron chi connectivity index (χ0n) is 8.02. The van der Waals surface area contributed by atoms with Crippen LogP contribution in [0.25, 0.3) is 5.65 Å². The topological polar surface area (TPSA) is 50.4 Å². The highest BCUT2D eigenvalue weighted by Gasteiger charge is 2.38. The fourth-order valence-electron chi connectivity index (χ4n) is 1.29. The van der Waals surface area contributed by atoms with E-state index in [0.717, 1.165) is 0 Å². The Bertz CT molecular complexity index is 494. The van der Waals surface area contributed by atoms with Crippen molar-refractivity contribution in [2.45, 2.75) is 18.7 Å². The van der Waals surface area contributed by atoms with E-state index in [1.165, 1.54) is 23.1 Å². The van der Waals surface area contributed by atoms with E-state index in [-0.39, 0.29) is 5.56 Å². The second-order valence-corrected chi connectivity index (χ2v) is 3.36. The highest BCUT2D eigenvalue weighted by atomic mass is 19.4. The Labute approximate surface area is 88.3 Å². The van der Waals surface area contributed by atoms with Crippen molar-refractivity contribution < 1.29 is 18.3 Å². The van der Waals surface area contributed by atoms with Crippen LogP contribution in [0, 0.1) is 0 Å². The SMILES string of the molecule is OC(Cc1cnc2ccnn2c1)C(F)(F)F. The van der Waals surface area contributed by atoms with Gasteiger partial charge < -0.3 is 5.11 Å². The standard InChI is InChI=1S/C9H8F3N3O/c10-9(11,12)7(16)3-6-4-13-8-1-2-14-15(8)5-6/h1-2,4-5,7,16H,3H2. The van der Waals surface area contributed by atoms with Crippen molar-refractivity contribution in [2.75, 3.05) is 0 Å². The first-order valence-electron chi connectivity index (χ1n) is 4.50. The summed E-state index contributed by atoms with van der Waals surface area (Å²) in [4.78, 5) is 3.90. The van der Waals surface area contributed by atoms with Crippen molar-refractivity contribution in [3.8, 4) is 0 Å². The number of aliphatic hydroxyl groups excluding tert-OH is 1. The van der Waals surface area contributed by atoms with Crippen LogP contribution in [0.2, 0.25) is 0 Å².